The van der Waals surface area contributed by atoms with Crippen molar-refractivity contribution in [1.29, 1.82) is 0 Å². The molecule has 4 aromatic rings. The van der Waals surface area contributed by atoms with E-state index in [4.69, 9.17) is 0 Å². The number of fused-ring (bicyclic) bond motifs is 1. The molecule has 2 aromatic carbocycles. The summed E-state index contributed by atoms with van der Waals surface area (Å²) in [6, 6.07) is 9.03. The van der Waals surface area contributed by atoms with Crippen LogP contribution in [0.1, 0.15) is 56.0 Å². The summed E-state index contributed by atoms with van der Waals surface area (Å²) in [6.45, 7) is 13.2. The number of anilines is 2. The number of rotatable bonds is 5. The van der Waals surface area contributed by atoms with E-state index >= 15 is 0 Å². The molecule has 2 aromatic heterocycles. The zero-order chi connectivity index (χ0) is 26.3. The fourth-order valence-electron chi connectivity index (χ4n) is 4.49. The summed E-state index contributed by atoms with van der Waals surface area (Å²) >= 11 is 1.17. The van der Waals surface area contributed by atoms with Gasteiger partial charge in [0.05, 0.1) is 16.6 Å². The Morgan fingerprint density at radius 1 is 0.917 bits per heavy atom. The van der Waals surface area contributed by atoms with Gasteiger partial charge in [0.2, 0.25) is 5.91 Å². The summed E-state index contributed by atoms with van der Waals surface area (Å²) in [5.74, 6) is -0.599. The van der Waals surface area contributed by atoms with Crippen LogP contribution in [-0.4, -0.2) is 21.4 Å². The van der Waals surface area contributed by atoms with Gasteiger partial charge in [0, 0.05) is 11.4 Å². The number of carbonyl (C=O) groups excluding carboxylic acids is 2. The Balaban J connectivity index is 1.64. The van der Waals surface area contributed by atoms with Gasteiger partial charge in [-0.05, 0) is 76.8 Å². The number of aromatic nitrogens is 2. The Bertz CT molecular complexity index is 1560. The van der Waals surface area contributed by atoms with Crippen molar-refractivity contribution in [2.45, 2.75) is 54.5 Å². The van der Waals surface area contributed by atoms with Crippen LogP contribution in [0.25, 0.3) is 10.2 Å². The molecule has 0 saturated carbocycles. The number of nitrogens with zero attached hydrogens (tertiary/aromatic N) is 2. The van der Waals surface area contributed by atoms with Gasteiger partial charge in [-0.25, -0.2) is 4.98 Å². The van der Waals surface area contributed by atoms with Gasteiger partial charge in [-0.1, -0.05) is 35.4 Å². The molecule has 0 fully saturated rings. The predicted octanol–water partition coefficient (Wildman–Crippen LogP) is 5.76. The van der Waals surface area contributed by atoms with Crippen LogP contribution in [0.5, 0.6) is 0 Å². The molecule has 4 rings (SSSR count). The summed E-state index contributed by atoms with van der Waals surface area (Å²) in [6.07, 6.45) is 1.38. The highest BCUT2D eigenvalue weighted by atomic mass is 32.1. The van der Waals surface area contributed by atoms with Crippen molar-refractivity contribution in [1.82, 2.24) is 9.55 Å². The molecule has 7 nitrogen and oxygen atoms in total. The maximum absolute atomic E-state index is 13.4. The Labute approximate surface area is 214 Å². The van der Waals surface area contributed by atoms with E-state index in [1.165, 1.54) is 22.2 Å². The van der Waals surface area contributed by atoms with Gasteiger partial charge >= 0.3 is 0 Å². The van der Waals surface area contributed by atoms with Crippen LogP contribution in [0.2, 0.25) is 0 Å². The topological polar surface area (TPSA) is 93.1 Å². The molecule has 1 atom stereocenters. The van der Waals surface area contributed by atoms with E-state index in [2.05, 4.69) is 15.6 Å². The van der Waals surface area contributed by atoms with Crippen molar-refractivity contribution in [3.8, 4) is 0 Å². The molecule has 0 aliphatic carbocycles. The number of nitrogens with one attached hydrogen (secondary N) is 2. The number of amides is 2. The molecule has 0 saturated heterocycles. The first-order chi connectivity index (χ1) is 17.0. The summed E-state index contributed by atoms with van der Waals surface area (Å²) < 4.78 is 1.32. The molecule has 2 amide bonds. The first kappa shape index (κ1) is 25.3. The second-order valence-electron chi connectivity index (χ2n) is 9.40. The van der Waals surface area contributed by atoms with E-state index in [9.17, 15) is 14.4 Å². The molecule has 36 heavy (non-hydrogen) atoms. The molecule has 0 radical (unpaired) electrons. The van der Waals surface area contributed by atoms with Gasteiger partial charge < -0.3 is 10.6 Å². The summed E-state index contributed by atoms with van der Waals surface area (Å²) in [7, 11) is 0. The summed E-state index contributed by atoms with van der Waals surface area (Å²) in [5, 5.41) is 6.27. The van der Waals surface area contributed by atoms with Gasteiger partial charge in [0.25, 0.3) is 11.5 Å². The molecule has 186 valence electrons. The molecule has 2 N–H and O–H groups in total. The molecule has 1 unspecified atom stereocenters. The number of hydrogen-bond donors (Lipinski definition) is 2. The van der Waals surface area contributed by atoms with Crippen molar-refractivity contribution in [2.24, 2.45) is 0 Å². The molecule has 0 aliphatic heterocycles. The molecule has 0 bridgehead atoms. The number of hydrogen-bond acceptors (Lipinski definition) is 5. The highest BCUT2D eigenvalue weighted by molar-refractivity contribution is 7.20. The van der Waals surface area contributed by atoms with Gasteiger partial charge in [0.1, 0.15) is 10.9 Å². The second-order valence-corrected chi connectivity index (χ2v) is 10.4. The van der Waals surface area contributed by atoms with Crippen molar-refractivity contribution in [2.75, 3.05) is 10.6 Å². The smallest absolute Gasteiger partial charge is 0.266 e. The van der Waals surface area contributed by atoms with Crippen LogP contribution in [0.3, 0.4) is 0 Å². The molecule has 8 heteroatoms. The monoisotopic (exact) mass is 502 g/mol. The lowest BCUT2D eigenvalue weighted by Gasteiger charge is -2.18. The van der Waals surface area contributed by atoms with Crippen LogP contribution in [-0.2, 0) is 4.79 Å². The standard InChI is InChI=1S/C28H30N4O3S/c1-14-8-9-21(16(3)10-14)30-26(34)24-19(6)22-27(36-24)29-13-32(28(22)35)20(7)25(33)31-23-17(4)11-15(2)12-18(23)5/h8-13,20H,1-7H3,(H,30,34)(H,31,33). The van der Waals surface area contributed by atoms with Crippen molar-refractivity contribution >= 4 is 44.7 Å². The fourth-order valence-corrected chi connectivity index (χ4v) is 5.53. The van der Waals surface area contributed by atoms with Crippen molar-refractivity contribution in [3.05, 3.63) is 85.3 Å². The zero-order valence-corrected chi connectivity index (χ0v) is 22.4. The van der Waals surface area contributed by atoms with Crippen LogP contribution >= 0.6 is 11.3 Å². The third kappa shape index (κ3) is 4.68. The van der Waals surface area contributed by atoms with Crippen LogP contribution in [0, 0.1) is 41.5 Å². The Kier molecular flexibility index (Phi) is 6.82. The van der Waals surface area contributed by atoms with E-state index in [1.54, 1.807) is 13.8 Å². The third-order valence-electron chi connectivity index (χ3n) is 6.43. The minimum absolute atomic E-state index is 0.287. The average Bonchev–Trinajstić information content (AvgIpc) is 3.15. The average molecular weight is 503 g/mol. The minimum atomic E-state index is -0.790. The van der Waals surface area contributed by atoms with Gasteiger partial charge in [-0.15, -0.1) is 11.3 Å². The first-order valence-electron chi connectivity index (χ1n) is 11.8. The lowest BCUT2D eigenvalue weighted by molar-refractivity contribution is -0.118. The Hall–Kier alpha value is -3.78. The van der Waals surface area contributed by atoms with Gasteiger partial charge in [0.15, 0.2) is 0 Å². The van der Waals surface area contributed by atoms with E-state index < -0.39 is 6.04 Å². The SMILES string of the molecule is Cc1ccc(NC(=O)c2sc3ncn(C(C)C(=O)Nc4c(C)cc(C)cc4C)c(=O)c3c2C)c(C)c1. The molecule has 0 aliphatic rings. The van der Waals surface area contributed by atoms with E-state index in [0.717, 1.165) is 39.2 Å². The van der Waals surface area contributed by atoms with Gasteiger partial charge in [-0.2, -0.15) is 0 Å². The number of thiophene rings is 1. The Morgan fingerprint density at radius 2 is 1.56 bits per heavy atom. The fraction of sp³-hybridized carbons (Fsp3) is 0.286. The summed E-state index contributed by atoms with van der Waals surface area (Å²) in [5.41, 5.74) is 6.79. The van der Waals surface area contributed by atoms with E-state index in [1.807, 2.05) is 65.0 Å². The maximum atomic E-state index is 13.4. The minimum Gasteiger partial charge on any atom is -0.324 e. The highest BCUT2D eigenvalue weighted by Gasteiger charge is 2.24. The third-order valence-corrected chi connectivity index (χ3v) is 7.63. The van der Waals surface area contributed by atoms with Crippen LogP contribution < -0.4 is 16.2 Å². The number of benzene rings is 2. The number of carbonyl (C=O) groups is 2. The summed E-state index contributed by atoms with van der Waals surface area (Å²) in [4.78, 5) is 44.9. The second kappa shape index (κ2) is 9.70. The van der Waals surface area contributed by atoms with Crippen LogP contribution in [0.4, 0.5) is 11.4 Å². The lowest BCUT2D eigenvalue weighted by atomic mass is 10.0. The Morgan fingerprint density at radius 3 is 2.19 bits per heavy atom. The lowest BCUT2D eigenvalue weighted by Crippen LogP contribution is -2.32. The number of aryl methyl sites for hydroxylation is 6. The normalized spacial score (nSPS) is 12.0. The quantitative estimate of drug-likeness (QED) is 0.363. The molecular formula is C28H30N4O3S. The zero-order valence-electron chi connectivity index (χ0n) is 21.6. The molecule has 0 spiro atoms. The first-order valence-corrected chi connectivity index (χ1v) is 12.6. The molecule has 2 heterocycles. The van der Waals surface area contributed by atoms with Crippen molar-refractivity contribution in [3.63, 3.8) is 0 Å². The van der Waals surface area contributed by atoms with Crippen LogP contribution in [0.15, 0.2) is 41.5 Å². The predicted molar refractivity (Wildman–Crippen MR) is 146 cm³/mol. The van der Waals surface area contributed by atoms with E-state index in [-0.39, 0.29) is 17.4 Å². The molecular weight excluding hydrogens is 472 g/mol. The van der Waals surface area contributed by atoms with E-state index in [0.29, 0.717) is 20.7 Å². The van der Waals surface area contributed by atoms with Gasteiger partial charge in [-0.3, -0.25) is 19.0 Å². The maximum Gasteiger partial charge on any atom is 0.266 e. The largest absolute Gasteiger partial charge is 0.324 e. The highest BCUT2D eigenvalue weighted by Crippen LogP contribution is 2.29. The van der Waals surface area contributed by atoms with Crippen molar-refractivity contribution < 1.29 is 9.59 Å².